The summed E-state index contributed by atoms with van der Waals surface area (Å²) in [6, 6.07) is 12.5. The van der Waals surface area contributed by atoms with Crippen molar-refractivity contribution >= 4 is 16.6 Å². The highest BCUT2D eigenvalue weighted by Gasteiger charge is 2.45. The van der Waals surface area contributed by atoms with E-state index in [0.29, 0.717) is 11.8 Å². The number of piperidine rings is 1. The summed E-state index contributed by atoms with van der Waals surface area (Å²) in [6.07, 6.45) is 2.21. The van der Waals surface area contributed by atoms with Crippen LogP contribution in [0.1, 0.15) is 77.5 Å². The van der Waals surface area contributed by atoms with E-state index in [0.717, 1.165) is 35.7 Å². The Morgan fingerprint density at radius 1 is 0.912 bits per heavy atom. The first-order chi connectivity index (χ1) is 15.9. The van der Waals surface area contributed by atoms with Crippen molar-refractivity contribution in [2.75, 3.05) is 27.0 Å². The molecule has 2 N–H and O–H groups in total. The van der Waals surface area contributed by atoms with Crippen molar-refractivity contribution in [1.29, 1.82) is 0 Å². The first kappa shape index (κ1) is 24.5. The molecular formula is C29H41N3O2. The number of nitrogen functional groups attached to an aromatic ring is 1. The third kappa shape index (κ3) is 3.94. The van der Waals surface area contributed by atoms with Crippen LogP contribution in [0.4, 0.5) is 5.69 Å². The fourth-order valence-corrected chi connectivity index (χ4v) is 6.17. The van der Waals surface area contributed by atoms with Gasteiger partial charge in [-0.1, -0.05) is 13.8 Å². The molecule has 0 saturated carbocycles. The van der Waals surface area contributed by atoms with Crippen molar-refractivity contribution in [2.45, 2.75) is 77.3 Å². The SMILES string of the molecule is COc1ccc(-n2c(C(C)C)c(C3CC(C)(C)N(C)C(C)(C)C3)c3cc(N)ccc32)cc1OC. The standard InChI is InChI=1S/C29H41N3O2/c1-18(2)27-26(19-16-28(3,4)31(7)29(5,6)17-19)22-14-20(30)10-12-23(22)32(27)21-11-13-24(33-8)25(15-21)34-9/h10-15,18-19H,16-17,30H2,1-9H3. The number of anilines is 1. The molecule has 0 radical (unpaired) electrons. The van der Waals surface area contributed by atoms with Crippen LogP contribution in [-0.4, -0.2) is 41.8 Å². The van der Waals surface area contributed by atoms with E-state index < -0.39 is 0 Å². The summed E-state index contributed by atoms with van der Waals surface area (Å²) in [7, 11) is 5.63. The number of methoxy groups -OCH3 is 2. The number of hydrogen-bond donors (Lipinski definition) is 1. The van der Waals surface area contributed by atoms with Crippen molar-refractivity contribution < 1.29 is 9.47 Å². The number of likely N-dealkylation sites (tertiary alicyclic amines) is 1. The number of aromatic nitrogens is 1. The molecule has 2 heterocycles. The molecule has 0 bridgehead atoms. The van der Waals surface area contributed by atoms with Crippen molar-refractivity contribution in [2.24, 2.45) is 0 Å². The maximum absolute atomic E-state index is 6.35. The number of benzene rings is 2. The molecule has 1 fully saturated rings. The molecule has 3 aromatic rings. The maximum Gasteiger partial charge on any atom is 0.162 e. The number of nitrogens with zero attached hydrogens (tertiary/aromatic N) is 2. The molecule has 2 aromatic carbocycles. The highest BCUT2D eigenvalue weighted by Crippen LogP contribution is 2.50. The predicted molar refractivity (Wildman–Crippen MR) is 143 cm³/mol. The Labute approximate surface area is 204 Å². The van der Waals surface area contributed by atoms with Gasteiger partial charge in [0.15, 0.2) is 11.5 Å². The second-order valence-electron chi connectivity index (χ2n) is 11.4. The van der Waals surface area contributed by atoms with Gasteiger partial charge >= 0.3 is 0 Å². The molecule has 1 saturated heterocycles. The van der Waals surface area contributed by atoms with Gasteiger partial charge in [0, 0.05) is 39.6 Å². The molecule has 34 heavy (non-hydrogen) atoms. The van der Waals surface area contributed by atoms with Crippen LogP contribution in [0.2, 0.25) is 0 Å². The lowest BCUT2D eigenvalue weighted by Gasteiger charge is -2.54. The predicted octanol–water partition coefficient (Wildman–Crippen LogP) is 6.72. The Morgan fingerprint density at radius 3 is 2.09 bits per heavy atom. The third-order valence-electron chi connectivity index (χ3n) is 7.96. The van der Waals surface area contributed by atoms with E-state index in [1.165, 1.54) is 22.2 Å². The van der Waals surface area contributed by atoms with E-state index in [9.17, 15) is 0 Å². The summed E-state index contributed by atoms with van der Waals surface area (Å²) in [6.45, 7) is 14.1. The largest absolute Gasteiger partial charge is 0.493 e. The summed E-state index contributed by atoms with van der Waals surface area (Å²) in [5, 5.41) is 1.26. The smallest absolute Gasteiger partial charge is 0.162 e. The number of fused-ring (bicyclic) bond motifs is 1. The summed E-state index contributed by atoms with van der Waals surface area (Å²) >= 11 is 0. The van der Waals surface area contributed by atoms with Gasteiger partial charge < -0.3 is 19.8 Å². The first-order valence-corrected chi connectivity index (χ1v) is 12.3. The van der Waals surface area contributed by atoms with E-state index in [2.05, 4.69) is 82.3 Å². The minimum atomic E-state index is 0.0960. The molecule has 1 aliphatic heterocycles. The molecule has 5 nitrogen and oxygen atoms in total. The lowest BCUT2D eigenvalue weighted by Crippen LogP contribution is -2.58. The first-order valence-electron chi connectivity index (χ1n) is 12.3. The monoisotopic (exact) mass is 463 g/mol. The van der Waals surface area contributed by atoms with Gasteiger partial charge in [-0.3, -0.25) is 4.90 Å². The van der Waals surface area contributed by atoms with Crippen molar-refractivity contribution in [3.8, 4) is 17.2 Å². The van der Waals surface area contributed by atoms with Crippen LogP contribution in [0.15, 0.2) is 36.4 Å². The van der Waals surface area contributed by atoms with Gasteiger partial charge in [0.2, 0.25) is 0 Å². The molecule has 0 aliphatic carbocycles. The molecule has 1 aromatic heterocycles. The summed E-state index contributed by atoms with van der Waals surface area (Å²) in [5.74, 6) is 2.24. The van der Waals surface area contributed by atoms with Crippen LogP contribution in [0, 0.1) is 0 Å². The van der Waals surface area contributed by atoms with Gasteiger partial charge in [0.1, 0.15) is 0 Å². The lowest BCUT2D eigenvalue weighted by molar-refractivity contribution is -0.0127. The lowest BCUT2D eigenvalue weighted by atomic mass is 9.70. The van der Waals surface area contributed by atoms with Crippen LogP contribution in [-0.2, 0) is 0 Å². The fraction of sp³-hybridized carbons (Fsp3) is 0.517. The minimum absolute atomic E-state index is 0.0960. The van der Waals surface area contributed by atoms with Crippen LogP contribution >= 0.6 is 0 Å². The maximum atomic E-state index is 6.35. The van der Waals surface area contributed by atoms with Crippen LogP contribution in [0.25, 0.3) is 16.6 Å². The average Bonchev–Trinajstić information content (AvgIpc) is 3.11. The summed E-state index contributed by atoms with van der Waals surface area (Å²) < 4.78 is 13.6. The van der Waals surface area contributed by atoms with E-state index in [1.54, 1.807) is 14.2 Å². The van der Waals surface area contributed by atoms with Gasteiger partial charge in [0.05, 0.1) is 19.7 Å². The molecule has 1 aliphatic rings. The second kappa shape index (κ2) is 8.53. The number of nitrogens with two attached hydrogens (primary N) is 1. The highest BCUT2D eigenvalue weighted by molar-refractivity contribution is 5.91. The normalized spacial score (nSPS) is 18.5. The summed E-state index contributed by atoms with van der Waals surface area (Å²) in [5.41, 5.74) is 12.4. The Hall–Kier alpha value is -2.66. The Morgan fingerprint density at radius 2 is 1.53 bits per heavy atom. The minimum Gasteiger partial charge on any atom is -0.493 e. The zero-order chi connectivity index (χ0) is 25.0. The van der Waals surface area contributed by atoms with Crippen molar-refractivity contribution in [1.82, 2.24) is 9.47 Å². The van der Waals surface area contributed by atoms with E-state index in [-0.39, 0.29) is 11.1 Å². The van der Waals surface area contributed by atoms with Crippen LogP contribution in [0.5, 0.6) is 11.5 Å². The molecule has 0 atom stereocenters. The third-order valence-corrected chi connectivity index (χ3v) is 7.96. The molecule has 0 unspecified atom stereocenters. The average molecular weight is 464 g/mol. The molecule has 184 valence electrons. The Kier molecular flexibility index (Phi) is 6.14. The van der Waals surface area contributed by atoms with E-state index in [1.807, 2.05) is 12.1 Å². The van der Waals surface area contributed by atoms with Gasteiger partial charge in [-0.15, -0.1) is 0 Å². The molecular weight excluding hydrogens is 422 g/mol. The van der Waals surface area contributed by atoms with E-state index in [4.69, 9.17) is 15.2 Å². The number of rotatable bonds is 5. The fourth-order valence-electron chi connectivity index (χ4n) is 6.17. The van der Waals surface area contributed by atoms with Gasteiger partial charge in [-0.2, -0.15) is 0 Å². The van der Waals surface area contributed by atoms with Crippen molar-refractivity contribution in [3.63, 3.8) is 0 Å². The number of ether oxygens (including phenoxy) is 2. The van der Waals surface area contributed by atoms with Gasteiger partial charge in [-0.05, 0) is 95.3 Å². The van der Waals surface area contributed by atoms with Crippen molar-refractivity contribution in [3.05, 3.63) is 47.7 Å². The van der Waals surface area contributed by atoms with Crippen LogP contribution in [0.3, 0.4) is 0 Å². The van der Waals surface area contributed by atoms with Gasteiger partial charge in [-0.25, -0.2) is 0 Å². The topological polar surface area (TPSA) is 52.7 Å². The Balaban J connectivity index is 2.03. The molecule has 0 spiro atoms. The summed E-state index contributed by atoms with van der Waals surface area (Å²) in [4.78, 5) is 2.55. The molecule has 0 amide bonds. The van der Waals surface area contributed by atoms with Gasteiger partial charge in [0.25, 0.3) is 0 Å². The highest BCUT2D eigenvalue weighted by atomic mass is 16.5. The number of hydrogen-bond acceptors (Lipinski definition) is 4. The quantitative estimate of drug-likeness (QED) is 0.427. The zero-order valence-corrected chi connectivity index (χ0v) is 22.3. The molecule has 4 rings (SSSR count). The zero-order valence-electron chi connectivity index (χ0n) is 22.3. The second-order valence-corrected chi connectivity index (χ2v) is 11.4. The van der Waals surface area contributed by atoms with Crippen LogP contribution < -0.4 is 15.2 Å². The van der Waals surface area contributed by atoms with E-state index >= 15 is 0 Å². The molecule has 5 heteroatoms. The Bertz CT molecular complexity index is 1190.